The van der Waals surface area contributed by atoms with E-state index in [1.165, 1.54) is 11.1 Å². The Kier molecular flexibility index (Phi) is 2.89. The van der Waals surface area contributed by atoms with Gasteiger partial charge >= 0.3 is 0 Å². The third-order valence-electron chi connectivity index (χ3n) is 3.70. The number of fused-ring (bicyclic) bond motifs is 1. The third kappa shape index (κ3) is 2.16. The van der Waals surface area contributed by atoms with Gasteiger partial charge < -0.3 is 5.73 Å². The summed E-state index contributed by atoms with van der Waals surface area (Å²) in [4.78, 5) is 0. The molecule has 0 radical (unpaired) electrons. The Morgan fingerprint density at radius 2 is 1.50 bits per heavy atom. The molecule has 3 rings (SSSR count). The van der Waals surface area contributed by atoms with Crippen LogP contribution in [-0.2, 0) is 19.3 Å². The lowest BCUT2D eigenvalue weighted by Gasteiger charge is -2.24. The molecule has 1 nitrogen and oxygen atoms in total. The molecule has 2 aromatic carbocycles. The van der Waals surface area contributed by atoms with E-state index in [-0.39, 0.29) is 5.54 Å². The van der Waals surface area contributed by atoms with E-state index in [4.69, 9.17) is 17.3 Å². The van der Waals surface area contributed by atoms with Gasteiger partial charge in [0.2, 0.25) is 0 Å². The van der Waals surface area contributed by atoms with Crippen LogP contribution in [0.25, 0.3) is 0 Å². The molecule has 92 valence electrons. The Morgan fingerprint density at radius 1 is 0.944 bits per heavy atom. The lowest BCUT2D eigenvalue weighted by molar-refractivity contribution is 0.446. The van der Waals surface area contributed by atoms with Crippen molar-refractivity contribution < 1.29 is 0 Å². The molecule has 0 saturated carbocycles. The van der Waals surface area contributed by atoms with Gasteiger partial charge in [0.15, 0.2) is 0 Å². The van der Waals surface area contributed by atoms with Crippen molar-refractivity contribution in [3.05, 3.63) is 70.2 Å². The van der Waals surface area contributed by atoms with Crippen LogP contribution in [0.4, 0.5) is 0 Å². The van der Waals surface area contributed by atoms with E-state index >= 15 is 0 Å². The van der Waals surface area contributed by atoms with Gasteiger partial charge in [-0.05, 0) is 42.0 Å². The molecule has 0 heterocycles. The van der Waals surface area contributed by atoms with Gasteiger partial charge in [-0.25, -0.2) is 0 Å². The fourth-order valence-corrected chi connectivity index (χ4v) is 3.07. The normalized spacial score (nSPS) is 16.6. The van der Waals surface area contributed by atoms with E-state index in [9.17, 15) is 0 Å². The molecule has 0 fully saturated rings. The first kappa shape index (κ1) is 11.8. The Balaban J connectivity index is 1.85. The molecule has 1 aliphatic carbocycles. The van der Waals surface area contributed by atoms with E-state index in [0.717, 1.165) is 29.8 Å². The summed E-state index contributed by atoms with van der Waals surface area (Å²) in [6.07, 6.45) is 2.71. The van der Waals surface area contributed by atoms with Gasteiger partial charge in [0.05, 0.1) is 0 Å². The highest BCUT2D eigenvalue weighted by molar-refractivity contribution is 6.31. The maximum absolute atomic E-state index is 6.55. The van der Waals surface area contributed by atoms with Crippen LogP contribution < -0.4 is 5.73 Å². The van der Waals surface area contributed by atoms with Crippen molar-refractivity contribution >= 4 is 11.6 Å². The van der Waals surface area contributed by atoms with Crippen molar-refractivity contribution in [1.82, 2.24) is 0 Å². The molecule has 0 saturated heterocycles. The number of hydrogen-bond acceptors (Lipinski definition) is 1. The fraction of sp³-hybridized carbons (Fsp3) is 0.250. The van der Waals surface area contributed by atoms with Gasteiger partial charge in [-0.2, -0.15) is 0 Å². The predicted molar refractivity (Wildman–Crippen MR) is 75.9 cm³/mol. The molecule has 0 aliphatic heterocycles. The number of benzene rings is 2. The third-order valence-corrected chi connectivity index (χ3v) is 4.07. The molecule has 2 heteroatoms. The molecule has 0 spiro atoms. The van der Waals surface area contributed by atoms with E-state index in [2.05, 4.69) is 30.3 Å². The molecule has 2 N–H and O–H groups in total. The monoisotopic (exact) mass is 257 g/mol. The quantitative estimate of drug-likeness (QED) is 0.877. The number of halogens is 1. The van der Waals surface area contributed by atoms with Crippen molar-refractivity contribution in [2.75, 3.05) is 0 Å². The minimum atomic E-state index is -0.186. The van der Waals surface area contributed by atoms with Crippen LogP contribution in [0.15, 0.2) is 48.5 Å². The lowest BCUT2D eigenvalue weighted by Crippen LogP contribution is -2.43. The maximum Gasteiger partial charge on any atom is 0.0438 e. The predicted octanol–water partition coefficient (Wildman–Crippen LogP) is 3.38. The molecule has 18 heavy (non-hydrogen) atoms. The van der Waals surface area contributed by atoms with Gasteiger partial charge in [-0.3, -0.25) is 0 Å². The Morgan fingerprint density at radius 3 is 2.11 bits per heavy atom. The summed E-state index contributed by atoms with van der Waals surface area (Å²) < 4.78 is 0. The van der Waals surface area contributed by atoms with Crippen LogP contribution in [0.2, 0.25) is 5.02 Å². The van der Waals surface area contributed by atoms with E-state index in [1.54, 1.807) is 0 Å². The number of hydrogen-bond donors (Lipinski definition) is 1. The summed E-state index contributed by atoms with van der Waals surface area (Å²) in [6.45, 7) is 0. The van der Waals surface area contributed by atoms with E-state index < -0.39 is 0 Å². The van der Waals surface area contributed by atoms with Gasteiger partial charge in [-0.15, -0.1) is 0 Å². The summed E-state index contributed by atoms with van der Waals surface area (Å²) in [6, 6.07) is 16.5. The van der Waals surface area contributed by atoms with Crippen molar-refractivity contribution in [1.29, 1.82) is 0 Å². The van der Waals surface area contributed by atoms with E-state index in [0.29, 0.717) is 0 Å². The first-order chi connectivity index (χ1) is 8.66. The first-order valence-electron chi connectivity index (χ1n) is 6.25. The minimum Gasteiger partial charge on any atom is -0.324 e. The summed E-state index contributed by atoms with van der Waals surface area (Å²) in [7, 11) is 0. The zero-order valence-corrected chi connectivity index (χ0v) is 11.0. The zero-order chi connectivity index (χ0) is 12.6. The molecule has 0 amide bonds. The second-order valence-electron chi connectivity index (χ2n) is 5.25. The van der Waals surface area contributed by atoms with Gasteiger partial charge in [0.25, 0.3) is 0 Å². The average molecular weight is 258 g/mol. The van der Waals surface area contributed by atoms with Crippen LogP contribution >= 0.6 is 11.6 Å². The zero-order valence-electron chi connectivity index (χ0n) is 10.2. The van der Waals surface area contributed by atoms with Gasteiger partial charge in [-0.1, -0.05) is 54.1 Å². The number of rotatable bonds is 2. The molecule has 0 unspecified atom stereocenters. The standard InChI is InChI=1S/C16H16ClN/c17-15-8-4-3-7-14(15)11-16(18)9-12-5-1-2-6-13(12)10-16/h1-8H,9-11,18H2. The smallest absolute Gasteiger partial charge is 0.0438 e. The van der Waals surface area contributed by atoms with Crippen molar-refractivity contribution in [2.24, 2.45) is 5.73 Å². The summed E-state index contributed by atoms with van der Waals surface area (Å²) in [5, 5.41) is 0.818. The SMILES string of the molecule is NC1(Cc2ccccc2Cl)Cc2ccccc2C1. The highest BCUT2D eigenvalue weighted by Crippen LogP contribution is 2.32. The minimum absolute atomic E-state index is 0.186. The van der Waals surface area contributed by atoms with Crippen molar-refractivity contribution in [2.45, 2.75) is 24.8 Å². The molecule has 1 aliphatic rings. The molecular formula is C16H16ClN. The van der Waals surface area contributed by atoms with Crippen LogP contribution in [0.5, 0.6) is 0 Å². The highest BCUT2D eigenvalue weighted by Gasteiger charge is 2.33. The van der Waals surface area contributed by atoms with Crippen LogP contribution in [0, 0.1) is 0 Å². The van der Waals surface area contributed by atoms with Crippen LogP contribution in [-0.4, -0.2) is 5.54 Å². The van der Waals surface area contributed by atoms with Crippen LogP contribution in [0.1, 0.15) is 16.7 Å². The topological polar surface area (TPSA) is 26.0 Å². The molecule has 0 aromatic heterocycles. The second-order valence-corrected chi connectivity index (χ2v) is 5.66. The first-order valence-corrected chi connectivity index (χ1v) is 6.63. The summed E-state index contributed by atoms with van der Waals surface area (Å²) in [5.41, 5.74) is 10.3. The second kappa shape index (κ2) is 4.42. The molecule has 0 atom stereocenters. The lowest BCUT2D eigenvalue weighted by atomic mass is 9.89. The Bertz CT molecular complexity index is 552. The molecule has 0 bridgehead atoms. The number of nitrogens with two attached hydrogens (primary N) is 1. The average Bonchev–Trinajstić information content (AvgIpc) is 2.68. The highest BCUT2D eigenvalue weighted by atomic mass is 35.5. The van der Waals surface area contributed by atoms with Gasteiger partial charge in [0, 0.05) is 10.6 Å². The Labute approximate surface area is 113 Å². The Hall–Kier alpha value is -1.31. The molecular weight excluding hydrogens is 242 g/mol. The van der Waals surface area contributed by atoms with Crippen molar-refractivity contribution in [3.63, 3.8) is 0 Å². The van der Waals surface area contributed by atoms with Gasteiger partial charge in [0.1, 0.15) is 0 Å². The fourth-order valence-electron chi connectivity index (χ4n) is 2.87. The maximum atomic E-state index is 6.55. The van der Waals surface area contributed by atoms with Crippen molar-refractivity contribution in [3.8, 4) is 0 Å². The largest absolute Gasteiger partial charge is 0.324 e. The van der Waals surface area contributed by atoms with E-state index in [1.807, 2.05) is 18.2 Å². The molecule has 2 aromatic rings. The van der Waals surface area contributed by atoms with Crippen LogP contribution in [0.3, 0.4) is 0 Å². The summed E-state index contributed by atoms with van der Waals surface area (Å²) in [5.74, 6) is 0. The summed E-state index contributed by atoms with van der Waals surface area (Å²) >= 11 is 6.22.